The molecule has 0 atom stereocenters. The molecule has 1 aromatic heterocycles. The van der Waals surface area contributed by atoms with E-state index in [0.29, 0.717) is 42.7 Å². The van der Waals surface area contributed by atoms with Gasteiger partial charge in [0, 0.05) is 24.2 Å². The maximum Gasteiger partial charge on any atom is 0.271 e. The molecule has 152 valence electrons. The summed E-state index contributed by atoms with van der Waals surface area (Å²) in [5.74, 6) is -0.467. The molecule has 2 N–H and O–H groups in total. The van der Waals surface area contributed by atoms with Gasteiger partial charge in [-0.25, -0.2) is 0 Å². The van der Waals surface area contributed by atoms with Gasteiger partial charge in [0.05, 0.1) is 5.69 Å². The Kier molecular flexibility index (Phi) is 7.66. The second-order valence-electron chi connectivity index (χ2n) is 6.41. The van der Waals surface area contributed by atoms with Gasteiger partial charge in [0.2, 0.25) is 5.88 Å². The number of azo groups is 1. The molecule has 29 heavy (non-hydrogen) atoms. The number of hydrogen-bond acceptors (Lipinski definition) is 6. The molecule has 1 heterocycles. The van der Waals surface area contributed by atoms with E-state index in [9.17, 15) is 20.0 Å². The van der Waals surface area contributed by atoms with Gasteiger partial charge in [-0.2, -0.15) is 10.4 Å². The van der Waals surface area contributed by atoms with Crippen molar-refractivity contribution in [2.24, 2.45) is 10.2 Å². The predicted octanol–water partition coefficient (Wildman–Crippen LogP) is 3.95. The summed E-state index contributed by atoms with van der Waals surface area (Å²) < 4.78 is 1.17. The first kappa shape index (κ1) is 21.8. The van der Waals surface area contributed by atoms with Crippen LogP contribution in [-0.2, 0) is 13.0 Å². The summed E-state index contributed by atoms with van der Waals surface area (Å²) in [5.41, 5.74) is 0.924. The smallest absolute Gasteiger partial charge is 0.271 e. The third kappa shape index (κ3) is 4.88. The number of pyridine rings is 1. The lowest BCUT2D eigenvalue weighted by molar-refractivity contribution is 0.0956. The summed E-state index contributed by atoms with van der Waals surface area (Å²) in [4.78, 5) is 24.4. The monoisotopic (exact) mass is 395 g/mol. The summed E-state index contributed by atoms with van der Waals surface area (Å²) in [6, 6.07) is 8.46. The van der Waals surface area contributed by atoms with Crippen molar-refractivity contribution < 1.29 is 9.90 Å². The second-order valence-corrected chi connectivity index (χ2v) is 6.41. The first-order chi connectivity index (χ1) is 14.0. The molecular weight excluding hydrogens is 370 g/mol. The molecule has 8 heteroatoms. The van der Waals surface area contributed by atoms with Gasteiger partial charge in [-0.3, -0.25) is 14.2 Å². The zero-order chi connectivity index (χ0) is 21.4. The minimum atomic E-state index is -0.513. The van der Waals surface area contributed by atoms with Crippen LogP contribution in [-0.4, -0.2) is 22.1 Å². The Hall–Kier alpha value is -3.47. The quantitative estimate of drug-likeness (QED) is 0.657. The van der Waals surface area contributed by atoms with Gasteiger partial charge in [0.25, 0.3) is 11.5 Å². The Labute approximate surface area is 169 Å². The molecule has 0 bridgehead atoms. The molecule has 2 aromatic rings. The van der Waals surface area contributed by atoms with E-state index in [1.165, 1.54) is 4.57 Å². The van der Waals surface area contributed by atoms with E-state index in [2.05, 4.69) is 15.5 Å². The van der Waals surface area contributed by atoms with E-state index in [0.717, 1.165) is 6.42 Å². The Bertz CT molecular complexity index is 1000. The number of nitriles is 1. The maximum absolute atomic E-state index is 12.6. The summed E-state index contributed by atoms with van der Waals surface area (Å²) >= 11 is 0. The van der Waals surface area contributed by atoms with Gasteiger partial charge in [-0.05, 0) is 44.0 Å². The van der Waals surface area contributed by atoms with Crippen LogP contribution in [0.1, 0.15) is 55.1 Å². The van der Waals surface area contributed by atoms with Crippen LogP contribution in [0.5, 0.6) is 5.88 Å². The number of amides is 1. The summed E-state index contributed by atoms with van der Waals surface area (Å²) in [5, 5.41) is 31.1. The molecule has 0 spiro atoms. The number of hydrogen-bond donors (Lipinski definition) is 2. The SMILES string of the molecule is CCCCn1c(O)c(/N=N/c2ccc(C(=O)NCC)cc2)c(CC)c(C#N)c1=O. The fraction of sp³-hybridized carbons (Fsp3) is 0.381. The van der Waals surface area contributed by atoms with Gasteiger partial charge in [-0.15, -0.1) is 5.11 Å². The van der Waals surface area contributed by atoms with E-state index in [4.69, 9.17) is 0 Å². The number of benzene rings is 1. The van der Waals surface area contributed by atoms with Gasteiger partial charge in [0.1, 0.15) is 11.6 Å². The first-order valence-electron chi connectivity index (χ1n) is 9.67. The third-order valence-electron chi connectivity index (χ3n) is 4.45. The Morgan fingerprint density at radius 3 is 2.45 bits per heavy atom. The molecule has 1 aromatic carbocycles. The molecule has 0 saturated heterocycles. The van der Waals surface area contributed by atoms with Crippen molar-refractivity contribution in [2.75, 3.05) is 6.54 Å². The van der Waals surface area contributed by atoms with Crippen molar-refractivity contribution in [3.63, 3.8) is 0 Å². The van der Waals surface area contributed by atoms with Crippen LogP contribution in [0, 0.1) is 11.3 Å². The van der Waals surface area contributed by atoms with Gasteiger partial charge in [-0.1, -0.05) is 20.3 Å². The predicted molar refractivity (Wildman–Crippen MR) is 110 cm³/mol. The van der Waals surface area contributed by atoms with Gasteiger partial charge < -0.3 is 10.4 Å². The topological polar surface area (TPSA) is 120 Å². The van der Waals surface area contributed by atoms with E-state index in [1.54, 1.807) is 31.2 Å². The standard InChI is InChI=1S/C21H25N5O3/c1-4-7-12-26-20(28)17(13-22)16(5-2)18(21(26)29)25-24-15-10-8-14(9-11-15)19(27)23-6-3/h8-11,29H,4-7,12H2,1-3H3,(H,23,27)/b25-24+. The average Bonchev–Trinajstić information content (AvgIpc) is 2.73. The fourth-order valence-corrected chi connectivity index (χ4v) is 2.88. The lowest BCUT2D eigenvalue weighted by atomic mass is 10.1. The highest BCUT2D eigenvalue weighted by molar-refractivity contribution is 5.94. The number of aromatic hydroxyl groups is 1. The number of rotatable bonds is 8. The van der Waals surface area contributed by atoms with Crippen LogP contribution in [0.3, 0.4) is 0 Å². The highest BCUT2D eigenvalue weighted by Gasteiger charge is 2.20. The summed E-state index contributed by atoms with van der Waals surface area (Å²) in [6.07, 6.45) is 1.87. The minimum absolute atomic E-state index is 0.0260. The second kappa shape index (κ2) is 10.2. The number of nitrogens with one attached hydrogen (secondary N) is 1. The lowest BCUT2D eigenvalue weighted by Crippen LogP contribution is -2.24. The maximum atomic E-state index is 12.6. The van der Waals surface area contributed by atoms with E-state index in [-0.39, 0.29) is 23.0 Å². The molecule has 0 fully saturated rings. The molecule has 0 aliphatic heterocycles. The zero-order valence-electron chi connectivity index (χ0n) is 16.9. The van der Waals surface area contributed by atoms with E-state index < -0.39 is 5.56 Å². The summed E-state index contributed by atoms with van der Waals surface area (Å²) in [7, 11) is 0. The van der Waals surface area contributed by atoms with Gasteiger partial charge in [0.15, 0.2) is 5.69 Å². The third-order valence-corrected chi connectivity index (χ3v) is 4.45. The molecule has 0 aliphatic rings. The molecular formula is C21H25N5O3. The van der Waals surface area contributed by atoms with E-state index >= 15 is 0 Å². The molecule has 0 unspecified atom stereocenters. The number of aromatic nitrogens is 1. The number of nitrogens with zero attached hydrogens (tertiary/aromatic N) is 4. The van der Waals surface area contributed by atoms with Crippen molar-refractivity contribution in [3.05, 3.63) is 51.3 Å². The number of carbonyl (C=O) groups excluding carboxylic acids is 1. The Morgan fingerprint density at radius 2 is 1.90 bits per heavy atom. The van der Waals surface area contributed by atoms with Crippen LogP contribution in [0.2, 0.25) is 0 Å². The van der Waals surface area contributed by atoms with Crippen molar-refractivity contribution in [1.29, 1.82) is 5.26 Å². The van der Waals surface area contributed by atoms with Crippen LogP contribution in [0.25, 0.3) is 0 Å². The fourth-order valence-electron chi connectivity index (χ4n) is 2.88. The van der Waals surface area contributed by atoms with E-state index in [1.807, 2.05) is 19.9 Å². The van der Waals surface area contributed by atoms with Crippen molar-refractivity contribution in [1.82, 2.24) is 9.88 Å². The molecule has 0 aliphatic carbocycles. The molecule has 0 saturated carbocycles. The van der Waals surface area contributed by atoms with Crippen molar-refractivity contribution >= 4 is 17.3 Å². The molecule has 1 amide bonds. The normalized spacial score (nSPS) is 10.8. The molecule has 8 nitrogen and oxygen atoms in total. The van der Waals surface area contributed by atoms with Gasteiger partial charge >= 0.3 is 0 Å². The van der Waals surface area contributed by atoms with Crippen molar-refractivity contribution in [2.45, 2.75) is 46.6 Å². The summed E-state index contributed by atoms with van der Waals surface area (Å²) in [6.45, 7) is 6.43. The molecule has 2 rings (SSSR count). The minimum Gasteiger partial charge on any atom is -0.493 e. The van der Waals surface area contributed by atoms with Crippen LogP contribution < -0.4 is 10.9 Å². The molecule has 0 radical (unpaired) electrons. The van der Waals surface area contributed by atoms with Crippen LogP contribution in [0.4, 0.5) is 11.4 Å². The Balaban J connectivity index is 2.47. The largest absolute Gasteiger partial charge is 0.493 e. The number of carbonyl (C=O) groups is 1. The Morgan fingerprint density at radius 1 is 1.21 bits per heavy atom. The lowest BCUT2D eigenvalue weighted by Gasteiger charge is -2.13. The number of unbranched alkanes of at least 4 members (excludes halogenated alkanes) is 1. The van der Waals surface area contributed by atoms with Crippen LogP contribution >= 0.6 is 0 Å². The van der Waals surface area contributed by atoms with Crippen molar-refractivity contribution in [3.8, 4) is 11.9 Å². The zero-order valence-corrected chi connectivity index (χ0v) is 16.9. The van der Waals surface area contributed by atoms with Crippen LogP contribution in [0.15, 0.2) is 39.3 Å². The highest BCUT2D eigenvalue weighted by Crippen LogP contribution is 2.33. The average molecular weight is 395 g/mol. The highest BCUT2D eigenvalue weighted by atomic mass is 16.3. The first-order valence-corrected chi connectivity index (χ1v) is 9.67.